The molecule has 0 bridgehead atoms. The maximum absolute atomic E-state index is 12.0. The van der Waals surface area contributed by atoms with Crippen molar-refractivity contribution >= 4 is 12.1 Å². The second-order valence-corrected chi connectivity index (χ2v) is 5.27. The minimum atomic E-state index is -0.724. The minimum Gasteiger partial charge on any atom is -0.462 e. The number of nitrogens with zero attached hydrogens (tertiary/aromatic N) is 1. The van der Waals surface area contributed by atoms with Gasteiger partial charge in [-0.05, 0) is 33.3 Å². The maximum Gasteiger partial charge on any atom is 0.434 e. The molecule has 0 fully saturated rings. The molecule has 0 aliphatic carbocycles. The summed E-state index contributed by atoms with van der Waals surface area (Å²) >= 11 is 0. The first-order valence-electron chi connectivity index (χ1n) is 7.23. The first-order chi connectivity index (χ1) is 10.4. The van der Waals surface area contributed by atoms with E-state index in [2.05, 4.69) is 0 Å². The van der Waals surface area contributed by atoms with Gasteiger partial charge in [0, 0.05) is 0 Å². The van der Waals surface area contributed by atoms with Crippen LogP contribution in [-0.2, 0) is 25.7 Å². The second-order valence-electron chi connectivity index (χ2n) is 5.27. The predicted molar refractivity (Wildman–Crippen MR) is 80.8 cm³/mol. The zero-order valence-corrected chi connectivity index (χ0v) is 13.4. The number of benzene rings is 1. The van der Waals surface area contributed by atoms with Crippen molar-refractivity contribution in [3.05, 3.63) is 35.9 Å². The Morgan fingerprint density at radius 1 is 1.05 bits per heavy atom. The lowest BCUT2D eigenvalue weighted by Gasteiger charge is -2.23. The summed E-state index contributed by atoms with van der Waals surface area (Å²) in [7, 11) is 0. The SMILES string of the molecule is CC(C)OC(=O)CN(OC(C)C)C(=O)OCc1ccccc1. The number of rotatable bonds is 7. The van der Waals surface area contributed by atoms with Crippen molar-refractivity contribution < 1.29 is 23.9 Å². The van der Waals surface area contributed by atoms with Crippen LogP contribution >= 0.6 is 0 Å². The molecule has 0 saturated heterocycles. The van der Waals surface area contributed by atoms with Gasteiger partial charge >= 0.3 is 12.1 Å². The lowest BCUT2D eigenvalue weighted by molar-refractivity contribution is -0.184. The number of hydroxylamine groups is 2. The van der Waals surface area contributed by atoms with Gasteiger partial charge in [0.15, 0.2) is 0 Å². The van der Waals surface area contributed by atoms with Crippen molar-refractivity contribution in [2.24, 2.45) is 0 Å². The molecule has 6 nitrogen and oxygen atoms in total. The highest BCUT2D eigenvalue weighted by Gasteiger charge is 2.22. The minimum absolute atomic E-state index is 0.108. The molecule has 1 aromatic rings. The number of amides is 1. The van der Waals surface area contributed by atoms with Crippen molar-refractivity contribution in [1.29, 1.82) is 0 Å². The largest absolute Gasteiger partial charge is 0.462 e. The Morgan fingerprint density at radius 3 is 2.23 bits per heavy atom. The molecule has 0 aliphatic heterocycles. The van der Waals surface area contributed by atoms with Crippen molar-refractivity contribution in [2.75, 3.05) is 6.54 Å². The molecule has 22 heavy (non-hydrogen) atoms. The Kier molecular flexibility index (Phi) is 7.39. The van der Waals surface area contributed by atoms with Crippen LogP contribution < -0.4 is 0 Å². The lowest BCUT2D eigenvalue weighted by Crippen LogP contribution is -2.39. The fourth-order valence-electron chi connectivity index (χ4n) is 1.61. The van der Waals surface area contributed by atoms with Gasteiger partial charge in [0.1, 0.15) is 13.2 Å². The van der Waals surface area contributed by atoms with E-state index in [0.29, 0.717) is 0 Å². The van der Waals surface area contributed by atoms with E-state index in [1.54, 1.807) is 27.7 Å². The summed E-state index contributed by atoms with van der Waals surface area (Å²) in [4.78, 5) is 29.0. The van der Waals surface area contributed by atoms with Gasteiger partial charge < -0.3 is 9.47 Å². The number of hydrogen-bond donors (Lipinski definition) is 0. The van der Waals surface area contributed by atoms with Crippen LogP contribution in [0.3, 0.4) is 0 Å². The van der Waals surface area contributed by atoms with Crippen molar-refractivity contribution in [1.82, 2.24) is 5.06 Å². The van der Waals surface area contributed by atoms with E-state index >= 15 is 0 Å². The number of hydrogen-bond acceptors (Lipinski definition) is 5. The number of ether oxygens (including phenoxy) is 2. The highest BCUT2D eigenvalue weighted by Crippen LogP contribution is 2.06. The summed E-state index contributed by atoms with van der Waals surface area (Å²) in [5.41, 5.74) is 0.852. The van der Waals surface area contributed by atoms with Gasteiger partial charge in [-0.25, -0.2) is 4.79 Å². The molecule has 0 N–H and O–H groups in total. The molecule has 0 aliphatic rings. The second kappa shape index (κ2) is 9.04. The van der Waals surface area contributed by atoms with Gasteiger partial charge in [-0.1, -0.05) is 30.3 Å². The highest BCUT2D eigenvalue weighted by molar-refractivity contribution is 5.77. The van der Waals surface area contributed by atoms with Gasteiger partial charge in [-0.3, -0.25) is 9.63 Å². The third-order valence-electron chi connectivity index (χ3n) is 2.39. The van der Waals surface area contributed by atoms with Crippen LogP contribution in [0.25, 0.3) is 0 Å². The zero-order valence-electron chi connectivity index (χ0n) is 13.4. The smallest absolute Gasteiger partial charge is 0.434 e. The Morgan fingerprint density at radius 2 is 1.68 bits per heavy atom. The molecule has 122 valence electrons. The van der Waals surface area contributed by atoms with E-state index < -0.39 is 12.1 Å². The average molecular weight is 309 g/mol. The Balaban J connectivity index is 2.58. The first kappa shape index (κ1) is 18.0. The van der Waals surface area contributed by atoms with Gasteiger partial charge in [0.2, 0.25) is 0 Å². The molecule has 0 unspecified atom stereocenters. The number of carbonyl (C=O) groups excluding carboxylic acids is 2. The summed E-state index contributed by atoms with van der Waals surface area (Å²) in [6.45, 7) is 6.77. The number of esters is 1. The monoisotopic (exact) mass is 309 g/mol. The molecule has 1 amide bonds. The van der Waals surface area contributed by atoms with Crippen molar-refractivity contribution in [3.63, 3.8) is 0 Å². The van der Waals surface area contributed by atoms with Gasteiger partial charge in [-0.2, -0.15) is 5.06 Å². The standard InChI is InChI=1S/C16H23NO5/c1-12(2)21-15(18)10-17(22-13(3)4)16(19)20-11-14-8-6-5-7-9-14/h5-9,12-13H,10-11H2,1-4H3. The normalized spacial score (nSPS) is 10.6. The van der Waals surface area contributed by atoms with Crippen LogP contribution in [-0.4, -0.2) is 35.9 Å². The predicted octanol–water partition coefficient (Wildman–Crippen LogP) is 2.92. The molecule has 0 atom stereocenters. The van der Waals surface area contributed by atoms with Gasteiger partial charge in [0.05, 0.1) is 12.2 Å². The molecule has 0 spiro atoms. The van der Waals surface area contributed by atoms with E-state index in [-0.39, 0.29) is 25.4 Å². The van der Waals surface area contributed by atoms with Crippen LogP contribution in [0.15, 0.2) is 30.3 Å². The van der Waals surface area contributed by atoms with Gasteiger partial charge in [-0.15, -0.1) is 0 Å². The summed E-state index contributed by atoms with van der Waals surface area (Å²) in [5.74, 6) is -0.549. The van der Waals surface area contributed by atoms with Crippen LogP contribution in [0.1, 0.15) is 33.3 Å². The zero-order chi connectivity index (χ0) is 16.5. The quantitative estimate of drug-likeness (QED) is 0.572. The summed E-state index contributed by atoms with van der Waals surface area (Å²) in [6.07, 6.45) is -1.25. The fourth-order valence-corrected chi connectivity index (χ4v) is 1.61. The Labute approximate surface area is 130 Å². The first-order valence-corrected chi connectivity index (χ1v) is 7.23. The van der Waals surface area contributed by atoms with E-state index in [9.17, 15) is 9.59 Å². The molecular formula is C16H23NO5. The fraction of sp³-hybridized carbons (Fsp3) is 0.500. The highest BCUT2D eigenvalue weighted by atomic mass is 16.7. The van der Waals surface area contributed by atoms with Crippen molar-refractivity contribution in [2.45, 2.75) is 46.5 Å². The number of carbonyl (C=O) groups is 2. The maximum atomic E-state index is 12.0. The van der Waals surface area contributed by atoms with Crippen LogP contribution in [0.5, 0.6) is 0 Å². The van der Waals surface area contributed by atoms with E-state index in [0.717, 1.165) is 10.6 Å². The van der Waals surface area contributed by atoms with Crippen LogP contribution in [0.4, 0.5) is 4.79 Å². The van der Waals surface area contributed by atoms with E-state index in [4.69, 9.17) is 14.3 Å². The molecule has 1 aromatic carbocycles. The Bertz CT molecular complexity index is 473. The topological polar surface area (TPSA) is 65.1 Å². The van der Waals surface area contributed by atoms with E-state index in [1.807, 2.05) is 30.3 Å². The molecule has 0 aromatic heterocycles. The molecule has 0 heterocycles. The molecule has 6 heteroatoms. The molecule has 0 radical (unpaired) electrons. The molecular weight excluding hydrogens is 286 g/mol. The van der Waals surface area contributed by atoms with Crippen molar-refractivity contribution in [3.8, 4) is 0 Å². The molecule has 0 saturated carbocycles. The lowest BCUT2D eigenvalue weighted by atomic mass is 10.2. The summed E-state index contributed by atoms with van der Waals surface area (Å²) < 4.78 is 10.2. The van der Waals surface area contributed by atoms with Gasteiger partial charge in [0.25, 0.3) is 0 Å². The molecule has 1 rings (SSSR count). The van der Waals surface area contributed by atoms with E-state index in [1.165, 1.54) is 0 Å². The summed E-state index contributed by atoms with van der Waals surface area (Å²) in [5, 5.41) is 0.887. The third-order valence-corrected chi connectivity index (χ3v) is 2.39. The Hall–Kier alpha value is -2.08. The summed E-state index contributed by atoms with van der Waals surface area (Å²) in [6, 6.07) is 9.26. The third kappa shape index (κ3) is 7.08. The van der Waals surface area contributed by atoms with Crippen LogP contribution in [0.2, 0.25) is 0 Å². The van der Waals surface area contributed by atoms with Crippen LogP contribution in [0, 0.1) is 0 Å². The average Bonchev–Trinajstić information content (AvgIpc) is 2.43.